The van der Waals surface area contributed by atoms with Gasteiger partial charge in [-0.2, -0.15) is 0 Å². The van der Waals surface area contributed by atoms with Crippen molar-refractivity contribution in [3.63, 3.8) is 0 Å². The molecule has 2 aromatic heterocycles. The van der Waals surface area contributed by atoms with Gasteiger partial charge in [0.05, 0.1) is 25.2 Å². The Hall–Kier alpha value is -1.24. The molecular formula is C13H18N4OS. The van der Waals surface area contributed by atoms with Crippen molar-refractivity contribution in [1.82, 2.24) is 19.4 Å². The van der Waals surface area contributed by atoms with E-state index >= 15 is 0 Å². The van der Waals surface area contributed by atoms with Crippen LogP contribution in [0.5, 0.6) is 0 Å². The summed E-state index contributed by atoms with van der Waals surface area (Å²) in [5, 5.41) is 3.19. The molecule has 1 aliphatic rings. The molecular weight excluding hydrogens is 260 g/mol. The van der Waals surface area contributed by atoms with Crippen LogP contribution in [-0.2, 0) is 24.9 Å². The van der Waals surface area contributed by atoms with Gasteiger partial charge in [0, 0.05) is 50.4 Å². The maximum atomic E-state index is 5.37. The van der Waals surface area contributed by atoms with E-state index in [0.717, 1.165) is 31.2 Å². The van der Waals surface area contributed by atoms with E-state index in [0.29, 0.717) is 5.92 Å². The number of rotatable bonds is 4. The molecule has 0 amide bonds. The highest BCUT2D eigenvalue weighted by atomic mass is 32.1. The van der Waals surface area contributed by atoms with Gasteiger partial charge in [-0.1, -0.05) is 0 Å². The quantitative estimate of drug-likeness (QED) is 0.852. The van der Waals surface area contributed by atoms with Crippen LogP contribution in [0.3, 0.4) is 0 Å². The second-order valence-electron chi connectivity index (χ2n) is 4.94. The van der Waals surface area contributed by atoms with Crippen LogP contribution in [0.4, 0.5) is 0 Å². The molecule has 0 saturated heterocycles. The summed E-state index contributed by atoms with van der Waals surface area (Å²) in [6, 6.07) is 0. The number of nitrogens with zero attached hydrogens (tertiary/aromatic N) is 4. The Kier molecular flexibility index (Phi) is 3.63. The van der Waals surface area contributed by atoms with Gasteiger partial charge in [0.1, 0.15) is 5.01 Å². The van der Waals surface area contributed by atoms with Crippen molar-refractivity contribution in [1.29, 1.82) is 0 Å². The Bertz CT molecular complexity index is 537. The molecule has 0 N–H and O–H groups in total. The number of imidazole rings is 1. The van der Waals surface area contributed by atoms with Crippen LogP contribution in [0, 0.1) is 0 Å². The summed E-state index contributed by atoms with van der Waals surface area (Å²) in [5.41, 5.74) is 2.49. The molecule has 0 fully saturated rings. The Morgan fingerprint density at radius 3 is 3.11 bits per heavy atom. The van der Waals surface area contributed by atoms with Crippen LogP contribution >= 0.6 is 11.3 Å². The molecule has 3 heterocycles. The van der Waals surface area contributed by atoms with Gasteiger partial charge in [-0.15, -0.1) is 11.3 Å². The molecule has 0 saturated carbocycles. The van der Waals surface area contributed by atoms with Crippen molar-refractivity contribution >= 4 is 11.3 Å². The molecule has 0 bridgehead atoms. The highest BCUT2D eigenvalue weighted by Crippen LogP contribution is 2.28. The Labute approximate surface area is 116 Å². The van der Waals surface area contributed by atoms with Crippen molar-refractivity contribution in [3.05, 3.63) is 34.3 Å². The number of aromatic nitrogens is 3. The fourth-order valence-electron chi connectivity index (χ4n) is 2.78. The molecule has 0 aromatic carbocycles. The monoisotopic (exact) mass is 278 g/mol. The summed E-state index contributed by atoms with van der Waals surface area (Å²) in [4.78, 5) is 11.3. The Balaban J connectivity index is 1.80. The van der Waals surface area contributed by atoms with E-state index in [2.05, 4.69) is 26.5 Å². The van der Waals surface area contributed by atoms with Crippen LogP contribution in [0.1, 0.15) is 22.3 Å². The van der Waals surface area contributed by atoms with Crippen molar-refractivity contribution in [2.75, 3.05) is 20.3 Å². The van der Waals surface area contributed by atoms with Gasteiger partial charge < -0.3 is 9.30 Å². The average Bonchev–Trinajstić information content (AvgIpc) is 3.00. The lowest BCUT2D eigenvalue weighted by atomic mass is 9.99. The predicted octanol–water partition coefficient (Wildman–Crippen LogP) is 1.62. The van der Waals surface area contributed by atoms with Crippen molar-refractivity contribution in [2.45, 2.75) is 19.0 Å². The second kappa shape index (κ2) is 5.40. The fraction of sp³-hybridized carbons (Fsp3) is 0.538. The molecule has 2 aromatic rings. The highest BCUT2D eigenvalue weighted by molar-refractivity contribution is 7.09. The third-order valence-corrected chi connectivity index (χ3v) is 4.28. The van der Waals surface area contributed by atoms with Crippen molar-refractivity contribution in [2.24, 2.45) is 7.05 Å². The van der Waals surface area contributed by atoms with E-state index in [4.69, 9.17) is 4.74 Å². The van der Waals surface area contributed by atoms with Gasteiger partial charge in [0.2, 0.25) is 0 Å². The van der Waals surface area contributed by atoms with Crippen molar-refractivity contribution in [3.8, 4) is 0 Å². The number of fused-ring (bicyclic) bond motifs is 1. The van der Waals surface area contributed by atoms with Crippen LogP contribution in [0.2, 0.25) is 0 Å². The number of methoxy groups -OCH3 is 1. The zero-order valence-corrected chi connectivity index (χ0v) is 12.1. The summed E-state index contributed by atoms with van der Waals surface area (Å²) < 4.78 is 7.49. The maximum absolute atomic E-state index is 5.37. The molecule has 0 unspecified atom stereocenters. The second-order valence-corrected chi connectivity index (χ2v) is 5.91. The van der Waals surface area contributed by atoms with E-state index in [9.17, 15) is 0 Å². The highest BCUT2D eigenvalue weighted by Gasteiger charge is 2.29. The van der Waals surface area contributed by atoms with E-state index in [-0.39, 0.29) is 0 Å². The molecule has 102 valence electrons. The molecule has 6 heteroatoms. The summed E-state index contributed by atoms with van der Waals surface area (Å²) in [5.74, 6) is 0.390. The lowest BCUT2D eigenvalue weighted by molar-refractivity contribution is 0.132. The summed E-state index contributed by atoms with van der Waals surface area (Å²) in [6.07, 6.45) is 3.77. The number of aryl methyl sites for hydroxylation is 1. The van der Waals surface area contributed by atoms with E-state index in [1.165, 1.54) is 11.4 Å². The van der Waals surface area contributed by atoms with Gasteiger partial charge >= 0.3 is 0 Å². The lowest BCUT2D eigenvalue weighted by Crippen LogP contribution is -2.35. The Morgan fingerprint density at radius 1 is 1.47 bits per heavy atom. The Morgan fingerprint density at radius 2 is 2.37 bits per heavy atom. The zero-order chi connectivity index (χ0) is 13.2. The number of hydrogen-bond acceptors (Lipinski definition) is 5. The third-order valence-electron chi connectivity index (χ3n) is 3.51. The van der Waals surface area contributed by atoms with E-state index in [1.807, 2.05) is 17.9 Å². The maximum Gasteiger partial charge on any atom is 0.107 e. The van der Waals surface area contributed by atoms with Crippen LogP contribution in [0.15, 0.2) is 17.9 Å². The van der Waals surface area contributed by atoms with Gasteiger partial charge in [-0.3, -0.25) is 4.90 Å². The molecule has 0 aliphatic carbocycles. The summed E-state index contributed by atoms with van der Waals surface area (Å²) in [7, 11) is 3.82. The molecule has 0 radical (unpaired) electrons. The van der Waals surface area contributed by atoms with Gasteiger partial charge in [-0.05, 0) is 0 Å². The summed E-state index contributed by atoms with van der Waals surface area (Å²) in [6.45, 7) is 3.53. The number of hydrogen-bond donors (Lipinski definition) is 0. The lowest BCUT2D eigenvalue weighted by Gasteiger charge is -2.32. The first-order valence-corrected chi connectivity index (χ1v) is 7.25. The van der Waals surface area contributed by atoms with Crippen LogP contribution in [0.25, 0.3) is 0 Å². The summed E-state index contributed by atoms with van der Waals surface area (Å²) >= 11 is 1.71. The topological polar surface area (TPSA) is 43.2 Å². The first-order valence-electron chi connectivity index (χ1n) is 6.37. The number of thiazole rings is 1. The van der Waals surface area contributed by atoms with E-state index < -0.39 is 0 Å². The third kappa shape index (κ3) is 2.56. The van der Waals surface area contributed by atoms with E-state index in [1.54, 1.807) is 18.4 Å². The molecule has 19 heavy (non-hydrogen) atoms. The average molecular weight is 278 g/mol. The molecule has 0 spiro atoms. The minimum atomic E-state index is 0.390. The molecule has 1 aliphatic heterocycles. The molecule has 1 atom stereocenters. The van der Waals surface area contributed by atoms with Gasteiger partial charge in [-0.25, -0.2) is 9.97 Å². The molecule has 3 rings (SSSR count). The predicted molar refractivity (Wildman–Crippen MR) is 74.1 cm³/mol. The minimum Gasteiger partial charge on any atom is -0.384 e. The standard InChI is InChI=1S/C13H18N4OS/c1-16-9-15-11-6-17(7-12-14-3-4-19-12)5-10(8-18-2)13(11)16/h3-4,9-10H,5-8H2,1-2H3/t10-/m1/s1. The first-order chi connectivity index (χ1) is 9.28. The zero-order valence-electron chi connectivity index (χ0n) is 11.2. The minimum absolute atomic E-state index is 0.390. The fourth-order valence-corrected chi connectivity index (χ4v) is 3.44. The molecule has 5 nitrogen and oxygen atoms in total. The largest absolute Gasteiger partial charge is 0.384 e. The first kappa shape index (κ1) is 12.8. The van der Waals surface area contributed by atoms with Crippen molar-refractivity contribution < 1.29 is 4.74 Å². The normalized spacial score (nSPS) is 19.6. The smallest absolute Gasteiger partial charge is 0.107 e. The number of ether oxygens (including phenoxy) is 1. The SMILES string of the molecule is COC[C@H]1CN(Cc2nccs2)Cc2ncn(C)c21. The van der Waals surface area contributed by atoms with Gasteiger partial charge in [0.25, 0.3) is 0 Å². The van der Waals surface area contributed by atoms with Crippen LogP contribution in [-0.4, -0.2) is 39.7 Å². The van der Waals surface area contributed by atoms with Gasteiger partial charge in [0.15, 0.2) is 0 Å². The van der Waals surface area contributed by atoms with Crippen LogP contribution < -0.4 is 0 Å².